The summed E-state index contributed by atoms with van der Waals surface area (Å²) in [4.78, 5) is 4.39. The van der Waals surface area contributed by atoms with Gasteiger partial charge in [0.15, 0.2) is 0 Å². The van der Waals surface area contributed by atoms with Crippen molar-refractivity contribution >= 4 is 21.9 Å². The van der Waals surface area contributed by atoms with Crippen LogP contribution in [-0.2, 0) is 0 Å². The molecule has 4 rings (SSSR count). The van der Waals surface area contributed by atoms with Crippen LogP contribution in [0.3, 0.4) is 0 Å². The van der Waals surface area contributed by atoms with Gasteiger partial charge in [-0.05, 0) is 42.8 Å². The summed E-state index contributed by atoms with van der Waals surface area (Å²) in [6, 6.07) is 18.4. The van der Waals surface area contributed by atoms with Crippen LogP contribution in [0.2, 0.25) is 0 Å². The summed E-state index contributed by atoms with van der Waals surface area (Å²) >= 11 is 0. The number of pyridine rings is 1. The molecule has 0 spiro atoms. The number of aromatic nitrogens is 1. The monoisotopic (exact) mass is 259 g/mol. The van der Waals surface area contributed by atoms with Crippen molar-refractivity contribution in [2.75, 3.05) is 0 Å². The molecule has 20 heavy (non-hydrogen) atoms. The van der Waals surface area contributed by atoms with Crippen LogP contribution in [0.25, 0.3) is 33.2 Å². The topological polar surface area (TPSA) is 26.0 Å². The van der Waals surface area contributed by atoms with Gasteiger partial charge < -0.3 is 4.42 Å². The lowest BCUT2D eigenvalue weighted by atomic mass is 10.0. The molecule has 0 atom stereocenters. The molecule has 0 bridgehead atoms. The maximum Gasteiger partial charge on any atom is 0.136 e. The molecule has 0 aliphatic carbocycles. The number of hydrogen-bond acceptors (Lipinski definition) is 2. The van der Waals surface area contributed by atoms with Gasteiger partial charge in [0, 0.05) is 22.5 Å². The second kappa shape index (κ2) is 4.20. The van der Waals surface area contributed by atoms with Gasteiger partial charge in [-0.1, -0.05) is 24.3 Å². The van der Waals surface area contributed by atoms with E-state index in [0.29, 0.717) is 0 Å². The van der Waals surface area contributed by atoms with Crippen LogP contribution in [0.5, 0.6) is 0 Å². The lowest BCUT2D eigenvalue weighted by molar-refractivity contribution is 0.669. The van der Waals surface area contributed by atoms with E-state index in [1.54, 1.807) is 0 Å². The van der Waals surface area contributed by atoms with E-state index >= 15 is 0 Å². The Morgan fingerprint density at radius 2 is 1.85 bits per heavy atom. The van der Waals surface area contributed by atoms with Crippen molar-refractivity contribution in [1.29, 1.82) is 0 Å². The van der Waals surface area contributed by atoms with Crippen LogP contribution in [0.15, 0.2) is 65.2 Å². The van der Waals surface area contributed by atoms with Gasteiger partial charge in [0.25, 0.3) is 0 Å². The maximum atomic E-state index is 5.97. The van der Waals surface area contributed by atoms with Gasteiger partial charge >= 0.3 is 0 Å². The van der Waals surface area contributed by atoms with Crippen molar-refractivity contribution in [3.05, 3.63) is 66.4 Å². The van der Waals surface area contributed by atoms with Crippen molar-refractivity contribution in [1.82, 2.24) is 4.98 Å². The number of hydrogen-bond donors (Lipinski definition) is 0. The minimum absolute atomic E-state index is 0.914. The highest BCUT2D eigenvalue weighted by atomic mass is 16.3. The van der Waals surface area contributed by atoms with Gasteiger partial charge in [0.1, 0.15) is 11.2 Å². The molecule has 0 unspecified atom stereocenters. The van der Waals surface area contributed by atoms with Gasteiger partial charge in [-0.2, -0.15) is 0 Å². The molecule has 96 valence electrons. The Morgan fingerprint density at radius 1 is 0.900 bits per heavy atom. The molecular weight excluding hydrogens is 246 g/mol. The molecule has 2 nitrogen and oxygen atoms in total. The third-order valence-corrected chi connectivity index (χ3v) is 3.67. The van der Waals surface area contributed by atoms with Gasteiger partial charge in [0.2, 0.25) is 0 Å². The van der Waals surface area contributed by atoms with Crippen molar-refractivity contribution in [2.24, 2.45) is 0 Å². The molecular formula is C18H13NO. The largest absolute Gasteiger partial charge is 0.456 e. The van der Waals surface area contributed by atoms with E-state index < -0.39 is 0 Å². The number of rotatable bonds is 1. The summed E-state index contributed by atoms with van der Waals surface area (Å²) in [7, 11) is 0. The molecule has 2 heterocycles. The number of fused-ring (bicyclic) bond motifs is 3. The molecule has 0 radical (unpaired) electrons. The quantitative estimate of drug-likeness (QED) is 0.483. The van der Waals surface area contributed by atoms with Crippen molar-refractivity contribution in [3.8, 4) is 11.3 Å². The highest BCUT2D eigenvalue weighted by Crippen LogP contribution is 2.33. The summed E-state index contributed by atoms with van der Waals surface area (Å²) in [6.45, 7) is 2.12. The van der Waals surface area contributed by atoms with Crippen LogP contribution >= 0.6 is 0 Å². The van der Waals surface area contributed by atoms with Crippen molar-refractivity contribution in [2.45, 2.75) is 6.92 Å². The predicted octanol–water partition coefficient (Wildman–Crippen LogP) is 4.96. The lowest BCUT2D eigenvalue weighted by Crippen LogP contribution is -1.81. The van der Waals surface area contributed by atoms with Crippen LogP contribution in [0.4, 0.5) is 0 Å². The SMILES string of the molecule is Cc1cccc2oc3cc(-c4ccccn4)ccc3c12. The Kier molecular flexibility index (Phi) is 2.36. The zero-order valence-corrected chi connectivity index (χ0v) is 11.1. The number of furan rings is 1. The van der Waals surface area contributed by atoms with Gasteiger partial charge in [-0.3, -0.25) is 4.98 Å². The molecule has 0 N–H and O–H groups in total. The lowest BCUT2D eigenvalue weighted by Gasteiger charge is -2.00. The molecule has 2 aromatic heterocycles. The fourth-order valence-electron chi connectivity index (χ4n) is 2.70. The third kappa shape index (κ3) is 1.62. The first-order valence-electron chi connectivity index (χ1n) is 6.66. The summed E-state index contributed by atoms with van der Waals surface area (Å²) in [5.41, 5.74) is 5.14. The summed E-state index contributed by atoms with van der Waals surface area (Å²) < 4.78 is 5.97. The van der Waals surface area contributed by atoms with Crippen molar-refractivity contribution < 1.29 is 4.42 Å². The summed E-state index contributed by atoms with van der Waals surface area (Å²) in [6.07, 6.45) is 1.81. The van der Waals surface area contributed by atoms with Crippen LogP contribution in [0.1, 0.15) is 5.56 Å². The number of nitrogens with zero attached hydrogens (tertiary/aromatic N) is 1. The molecule has 0 fully saturated rings. The normalized spacial score (nSPS) is 11.2. The molecule has 4 aromatic rings. The minimum Gasteiger partial charge on any atom is -0.456 e. The third-order valence-electron chi connectivity index (χ3n) is 3.67. The van der Waals surface area contributed by atoms with Gasteiger partial charge in [-0.15, -0.1) is 0 Å². The highest BCUT2D eigenvalue weighted by molar-refractivity contribution is 6.07. The number of aryl methyl sites for hydroxylation is 1. The first-order chi connectivity index (χ1) is 9.83. The highest BCUT2D eigenvalue weighted by Gasteiger charge is 2.10. The van der Waals surface area contributed by atoms with Crippen LogP contribution < -0.4 is 0 Å². The van der Waals surface area contributed by atoms with Crippen LogP contribution in [-0.4, -0.2) is 4.98 Å². The fourth-order valence-corrected chi connectivity index (χ4v) is 2.70. The second-order valence-electron chi connectivity index (χ2n) is 4.98. The zero-order valence-electron chi connectivity index (χ0n) is 11.1. The van der Waals surface area contributed by atoms with Crippen LogP contribution in [0, 0.1) is 6.92 Å². The summed E-state index contributed by atoms with van der Waals surface area (Å²) in [5.74, 6) is 0. The van der Waals surface area contributed by atoms with E-state index in [-0.39, 0.29) is 0 Å². The predicted molar refractivity (Wildman–Crippen MR) is 81.7 cm³/mol. The van der Waals surface area contributed by atoms with E-state index in [2.05, 4.69) is 36.2 Å². The molecule has 0 saturated carbocycles. The van der Waals surface area contributed by atoms with E-state index in [9.17, 15) is 0 Å². The van der Waals surface area contributed by atoms with E-state index in [4.69, 9.17) is 4.42 Å². The molecule has 0 aliphatic rings. The molecule has 2 heteroatoms. The molecule has 0 amide bonds. The molecule has 0 aliphatic heterocycles. The Bertz CT molecular complexity index is 907. The van der Waals surface area contributed by atoms with Crippen molar-refractivity contribution in [3.63, 3.8) is 0 Å². The smallest absolute Gasteiger partial charge is 0.136 e. The van der Waals surface area contributed by atoms with E-state index in [1.165, 1.54) is 10.9 Å². The Morgan fingerprint density at radius 3 is 2.70 bits per heavy atom. The second-order valence-corrected chi connectivity index (χ2v) is 4.98. The fraction of sp³-hybridized carbons (Fsp3) is 0.0556. The maximum absolute atomic E-state index is 5.97. The first kappa shape index (κ1) is 11.2. The Labute approximate surface area is 116 Å². The minimum atomic E-state index is 0.914. The Hall–Kier alpha value is -2.61. The standard InChI is InChI=1S/C18H13NO/c1-12-5-4-7-16-18(12)14-9-8-13(11-17(14)20-16)15-6-2-3-10-19-15/h2-11H,1H3. The Balaban J connectivity index is 2.01. The summed E-state index contributed by atoms with van der Waals surface area (Å²) in [5, 5.41) is 2.37. The average molecular weight is 259 g/mol. The van der Waals surface area contributed by atoms with E-state index in [1.807, 2.05) is 36.5 Å². The number of benzene rings is 2. The van der Waals surface area contributed by atoms with Gasteiger partial charge in [0.05, 0.1) is 5.69 Å². The molecule has 0 saturated heterocycles. The van der Waals surface area contributed by atoms with E-state index in [0.717, 1.165) is 27.8 Å². The molecule has 2 aromatic carbocycles. The van der Waals surface area contributed by atoms with Gasteiger partial charge in [-0.25, -0.2) is 0 Å². The first-order valence-corrected chi connectivity index (χ1v) is 6.66. The average Bonchev–Trinajstić information content (AvgIpc) is 2.87. The zero-order chi connectivity index (χ0) is 13.5.